The van der Waals surface area contributed by atoms with Gasteiger partial charge in [-0.25, -0.2) is 4.79 Å². The first kappa shape index (κ1) is 16.4. The summed E-state index contributed by atoms with van der Waals surface area (Å²) in [5.74, 6) is -0.294. The Morgan fingerprint density at radius 2 is 2.12 bits per heavy atom. The first-order valence-corrected chi connectivity index (χ1v) is 8.47. The summed E-state index contributed by atoms with van der Waals surface area (Å²) in [5.41, 5.74) is 0.589. The summed E-state index contributed by atoms with van der Waals surface area (Å²) >= 11 is 7.28. The van der Waals surface area contributed by atoms with Gasteiger partial charge in [0.2, 0.25) is 5.91 Å². The molecule has 24 heavy (non-hydrogen) atoms. The molecule has 1 N–H and O–H groups in total. The van der Waals surface area contributed by atoms with E-state index in [1.807, 2.05) is 29.6 Å². The number of hydrogen-bond acceptors (Lipinski definition) is 5. The first-order chi connectivity index (χ1) is 11.6. The van der Waals surface area contributed by atoms with Gasteiger partial charge in [-0.05, 0) is 52.1 Å². The molecule has 3 rings (SSSR count). The molecule has 3 aromatic rings. The lowest BCUT2D eigenvalue weighted by atomic mass is 10.1. The topological polar surface area (TPSA) is 81.8 Å². The molecule has 2 aromatic heterocycles. The number of carbonyl (C=O) groups is 1. The van der Waals surface area contributed by atoms with Crippen LogP contribution in [0.5, 0.6) is 0 Å². The van der Waals surface area contributed by atoms with E-state index in [0.29, 0.717) is 23.0 Å². The van der Waals surface area contributed by atoms with E-state index in [-0.39, 0.29) is 12.5 Å². The van der Waals surface area contributed by atoms with E-state index in [0.717, 1.165) is 10.2 Å². The Bertz CT molecular complexity index is 887. The molecule has 0 radical (unpaired) electrons. The van der Waals surface area contributed by atoms with E-state index in [9.17, 15) is 9.59 Å². The zero-order valence-corrected chi connectivity index (χ0v) is 14.1. The van der Waals surface area contributed by atoms with Crippen molar-refractivity contribution in [3.63, 3.8) is 0 Å². The lowest BCUT2D eigenvalue weighted by molar-refractivity contribution is -0.121. The molecule has 124 valence electrons. The van der Waals surface area contributed by atoms with E-state index in [1.165, 1.54) is 16.0 Å². The fraction of sp³-hybridized carbons (Fsp3) is 0.200. The largest absolute Gasteiger partial charge is 0.369 e. The molecule has 7 nitrogen and oxygen atoms in total. The maximum absolute atomic E-state index is 12.1. The Labute approximate surface area is 146 Å². The van der Waals surface area contributed by atoms with Crippen LogP contribution >= 0.6 is 22.9 Å². The van der Waals surface area contributed by atoms with Crippen LogP contribution in [0.15, 0.2) is 46.6 Å². The second kappa shape index (κ2) is 7.41. The van der Waals surface area contributed by atoms with E-state index in [1.54, 1.807) is 12.1 Å². The van der Waals surface area contributed by atoms with Gasteiger partial charge in [0.25, 0.3) is 0 Å². The lowest BCUT2D eigenvalue weighted by Crippen LogP contribution is -2.34. The number of rotatable bonds is 6. The smallest absolute Gasteiger partial charge is 0.354 e. The van der Waals surface area contributed by atoms with Crippen LogP contribution in [0.2, 0.25) is 5.02 Å². The lowest BCUT2D eigenvalue weighted by Gasteiger charge is -2.05. The zero-order valence-electron chi connectivity index (χ0n) is 12.6. The Kier molecular flexibility index (Phi) is 5.07. The maximum atomic E-state index is 12.1. The molecule has 0 aliphatic heterocycles. The normalized spacial score (nSPS) is 10.7. The van der Waals surface area contributed by atoms with Gasteiger partial charge in [0.05, 0.1) is 0 Å². The quantitative estimate of drug-likeness (QED) is 0.719. The number of thiophene rings is 1. The summed E-state index contributed by atoms with van der Waals surface area (Å²) in [6.07, 6.45) is 0.656. The standard InChI is InChI=1S/C15H14ClN5O2S/c16-12-4-1-3-11(9-12)6-7-17-13(22)10-20-15(23)21(19-18-20)14-5-2-8-24-14/h1-5,8-9H,6-7,10H2,(H,17,22). The molecule has 0 saturated heterocycles. The third-order valence-electron chi connectivity index (χ3n) is 3.27. The van der Waals surface area contributed by atoms with Crippen molar-refractivity contribution in [2.45, 2.75) is 13.0 Å². The number of carbonyl (C=O) groups excluding carboxylic acids is 1. The fourth-order valence-electron chi connectivity index (χ4n) is 2.13. The number of halogens is 1. The van der Waals surface area contributed by atoms with E-state index in [2.05, 4.69) is 15.7 Å². The average molecular weight is 364 g/mol. The second-order valence-corrected chi connectivity index (χ2v) is 6.37. The highest BCUT2D eigenvalue weighted by molar-refractivity contribution is 7.12. The van der Waals surface area contributed by atoms with Crippen LogP contribution in [0.1, 0.15) is 5.56 Å². The number of amides is 1. The predicted molar refractivity (Wildman–Crippen MR) is 91.7 cm³/mol. The molecule has 0 atom stereocenters. The van der Waals surface area contributed by atoms with E-state index in [4.69, 9.17) is 11.6 Å². The molecule has 2 heterocycles. The predicted octanol–water partition coefficient (Wildman–Crippen LogP) is 1.50. The summed E-state index contributed by atoms with van der Waals surface area (Å²) in [6.45, 7) is 0.284. The number of benzene rings is 1. The van der Waals surface area contributed by atoms with Crippen molar-refractivity contribution in [1.29, 1.82) is 0 Å². The summed E-state index contributed by atoms with van der Waals surface area (Å²) in [4.78, 5) is 24.1. The highest BCUT2D eigenvalue weighted by Gasteiger charge is 2.12. The van der Waals surface area contributed by atoms with Crippen LogP contribution in [0.4, 0.5) is 0 Å². The van der Waals surface area contributed by atoms with E-state index < -0.39 is 5.69 Å². The summed E-state index contributed by atoms with van der Waals surface area (Å²) in [6, 6.07) is 11.0. The molecule has 0 fully saturated rings. The minimum atomic E-state index is -0.442. The molecule has 0 bridgehead atoms. The second-order valence-electron chi connectivity index (χ2n) is 5.01. The molecule has 0 spiro atoms. The number of aromatic nitrogens is 4. The third-order valence-corrected chi connectivity index (χ3v) is 4.35. The van der Waals surface area contributed by atoms with Crippen LogP contribution < -0.4 is 11.0 Å². The van der Waals surface area contributed by atoms with Gasteiger partial charge in [-0.2, -0.15) is 9.36 Å². The molecule has 9 heteroatoms. The van der Waals surface area contributed by atoms with Gasteiger partial charge < -0.3 is 5.32 Å². The molecule has 0 saturated carbocycles. The van der Waals surface area contributed by atoms with Crippen molar-refractivity contribution in [1.82, 2.24) is 25.1 Å². The summed E-state index contributed by atoms with van der Waals surface area (Å²) < 4.78 is 2.21. The highest BCUT2D eigenvalue weighted by atomic mass is 35.5. The molecular weight excluding hydrogens is 350 g/mol. The molecule has 0 unspecified atom stereocenters. The van der Waals surface area contributed by atoms with Crippen molar-refractivity contribution < 1.29 is 4.79 Å². The molecule has 0 aliphatic carbocycles. The Hall–Kier alpha value is -2.45. The van der Waals surface area contributed by atoms with Gasteiger partial charge in [0, 0.05) is 11.6 Å². The number of nitrogens with one attached hydrogen (secondary N) is 1. The molecular formula is C15H14ClN5O2S. The van der Waals surface area contributed by atoms with Crippen LogP contribution in [0.25, 0.3) is 5.00 Å². The van der Waals surface area contributed by atoms with Gasteiger partial charge in [0.15, 0.2) is 0 Å². The Morgan fingerprint density at radius 3 is 2.88 bits per heavy atom. The summed E-state index contributed by atoms with van der Waals surface area (Å²) in [7, 11) is 0. The van der Waals surface area contributed by atoms with Crippen LogP contribution in [0.3, 0.4) is 0 Å². The van der Waals surface area contributed by atoms with Crippen LogP contribution in [0, 0.1) is 0 Å². The SMILES string of the molecule is O=C(Cn1nnn(-c2cccs2)c1=O)NCCc1cccc(Cl)c1. The fourth-order valence-corrected chi connectivity index (χ4v) is 3.01. The Morgan fingerprint density at radius 1 is 1.25 bits per heavy atom. The van der Waals surface area contributed by atoms with Gasteiger partial charge in [-0.1, -0.05) is 23.7 Å². The number of hydrogen-bond donors (Lipinski definition) is 1. The van der Waals surface area contributed by atoms with Crippen molar-refractivity contribution in [2.75, 3.05) is 6.54 Å². The van der Waals surface area contributed by atoms with E-state index >= 15 is 0 Å². The average Bonchev–Trinajstić information content (AvgIpc) is 3.18. The summed E-state index contributed by atoms with van der Waals surface area (Å²) in [5, 5.41) is 13.4. The Balaban J connectivity index is 1.55. The maximum Gasteiger partial charge on any atom is 0.369 e. The van der Waals surface area contributed by atoms with Gasteiger partial charge >= 0.3 is 5.69 Å². The minimum absolute atomic E-state index is 0.167. The van der Waals surface area contributed by atoms with Crippen molar-refractivity contribution >= 4 is 28.8 Å². The van der Waals surface area contributed by atoms with Crippen molar-refractivity contribution in [2.24, 2.45) is 0 Å². The van der Waals surface area contributed by atoms with Crippen molar-refractivity contribution in [3.8, 4) is 5.00 Å². The zero-order chi connectivity index (χ0) is 16.9. The van der Waals surface area contributed by atoms with Crippen LogP contribution in [-0.4, -0.2) is 32.2 Å². The van der Waals surface area contributed by atoms with Gasteiger partial charge in [-0.3, -0.25) is 4.79 Å². The first-order valence-electron chi connectivity index (χ1n) is 7.21. The third kappa shape index (κ3) is 3.90. The van der Waals surface area contributed by atoms with Gasteiger partial charge in [-0.15, -0.1) is 11.3 Å². The molecule has 1 amide bonds. The molecule has 1 aromatic carbocycles. The van der Waals surface area contributed by atoms with Crippen molar-refractivity contribution in [3.05, 3.63) is 62.8 Å². The monoisotopic (exact) mass is 363 g/mol. The molecule has 0 aliphatic rings. The highest BCUT2D eigenvalue weighted by Crippen LogP contribution is 2.11. The number of tetrazole rings is 1. The number of nitrogens with zero attached hydrogens (tertiary/aromatic N) is 4. The minimum Gasteiger partial charge on any atom is -0.354 e. The van der Waals surface area contributed by atoms with Crippen LogP contribution in [-0.2, 0) is 17.8 Å². The van der Waals surface area contributed by atoms with Gasteiger partial charge in [0.1, 0.15) is 11.5 Å².